The molecule has 152 valence electrons. The number of aromatic nitrogens is 3. The molecule has 4 rings (SSSR count). The molecule has 0 aliphatic carbocycles. The minimum absolute atomic E-state index is 0.216. The van der Waals surface area contributed by atoms with E-state index in [1.807, 2.05) is 48.9 Å². The summed E-state index contributed by atoms with van der Waals surface area (Å²) in [4.78, 5) is 18.2. The molecule has 7 heteroatoms. The second kappa shape index (κ2) is 8.59. The van der Waals surface area contributed by atoms with E-state index in [0.717, 1.165) is 21.7 Å². The van der Waals surface area contributed by atoms with Crippen LogP contribution in [0.4, 0.5) is 9.52 Å². The first-order valence-electron chi connectivity index (χ1n) is 9.58. The zero-order valence-corrected chi connectivity index (χ0v) is 17.5. The summed E-state index contributed by atoms with van der Waals surface area (Å²) in [6.07, 6.45) is 2.38. The number of carbonyl (C=O) groups excluding carboxylic acids is 1. The van der Waals surface area contributed by atoms with Gasteiger partial charge in [-0.25, -0.2) is 9.37 Å². The monoisotopic (exact) mass is 420 g/mol. The number of thiazole rings is 1. The van der Waals surface area contributed by atoms with Crippen molar-refractivity contribution in [2.24, 2.45) is 0 Å². The Morgan fingerprint density at radius 2 is 1.80 bits per heavy atom. The molecule has 1 amide bonds. The van der Waals surface area contributed by atoms with E-state index in [4.69, 9.17) is 0 Å². The standard InChI is InChI=1S/C23H21FN4OS/c1-15-21(16(2)28(27-15)14-18-6-4-3-5-7-18)22(29)26-23-25-13-20(30-23)12-17-8-10-19(24)11-9-17/h3-11,13H,12,14H2,1-2H3,(H,25,26,29). The first-order chi connectivity index (χ1) is 14.5. The van der Waals surface area contributed by atoms with Gasteiger partial charge in [-0.15, -0.1) is 11.3 Å². The summed E-state index contributed by atoms with van der Waals surface area (Å²) in [7, 11) is 0. The van der Waals surface area contributed by atoms with Gasteiger partial charge < -0.3 is 0 Å². The first-order valence-corrected chi connectivity index (χ1v) is 10.4. The lowest BCUT2D eigenvalue weighted by molar-refractivity contribution is 0.102. The Labute approximate surface area is 178 Å². The lowest BCUT2D eigenvalue weighted by Gasteiger charge is -2.06. The van der Waals surface area contributed by atoms with E-state index < -0.39 is 0 Å². The minimum atomic E-state index is -0.255. The van der Waals surface area contributed by atoms with Crippen LogP contribution >= 0.6 is 11.3 Å². The molecule has 0 unspecified atom stereocenters. The third kappa shape index (κ3) is 4.46. The number of nitrogens with zero attached hydrogens (tertiary/aromatic N) is 3. The molecule has 0 fully saturated rings. The van der Waals surface area contributed by atoms with Crippen LogP contribution < -0.4 is 5.32 Å². The minimum Gasteiger partial charge on any atom is -0.298 e. The summed E-state index contributed by atoms with van der Waals surface area (Å²) in [5.74, 6) is -0.471. The Kier molecular flexibility index (Phi) is 5.72. The molecule has 0 atom stereocenters. The van der Waals surface area contributed by atoms with Crippen LogP contribution in [0.3, 0.4) is 0 Å². The summed E-state index contributed by atoms with van der Waals surface area (Å²) >= 11 is 1.41. The zero-order chi connectivity index (χ0) is 21.1. The van der Waals surface area contributed by atoms with Crippen LogP contribution in [-0.4, -0.2) is 20.7 Å². The fourth-order valence-corrected chi connectivity index (χ4v) is 4.19. The molecule has 0 spiro atoms. The number of nitrogens with one attached hydrogen (secondary N) is 1. The number of hydrogen-bond acceptors (Lipinski definition) is 4. The van der Waals surface area contributed by atoms with Crippen molar-refractivity contribution in [2.75, 3.05) is 5.32 Å². The van der Waals surface area contributed by atoms with Gasteiger partial charge in [0.05, 0.1) is 17.8 Å². The number of aryl methyl sites for hydroxylation is 1. The molecule has 0 aliphatic rings. The van der Waals surface area contributed by atoms with Gasteiger partial charge in [0.25, 0.3) is 5.91 Å². The Morgan fingerprint density at radius 3 is 2.53 bits per heavy atom. The molecular formula is C23H21FN4OS. The predicted molar refractivity (Wildman–Crippen MR) is 117 cm³/mol. The highest BCUT2D eigenvalue weighted by molar-refractivity contribution is 7.15. The van der Waals surface area contributed by atoms with Gasteiger partial charge in [0.1, 0.15) is 5.82 Å². The topological polar surface area (TPSA) is 59.8 Å². The smallest absolute Gasteiger partial charge is 0.261 e. The zero-order valence-electron chi connectivity index (χ0n) is 16.7. The maximum Gasteiger partial charge on any atom is 0.261 e. The third-order valence-electron chi connectivity index (χ3n) is 4.85. The number of halogens is 1. The predicted octanol–water partition coefficient (Wildman–Crippen LogP) is 4.99. The normalized spacial score (nSPS) is 10.9. The maximum absolute atomic E-state index is 13.1. The number of carbonyl (C=O) groups is 1. The van der Waals surface area contributed by atoms with E-state index in [9.17, 15) is 9.18 Å². The molecule has 0 bridgehead atoms. The van der Waals surface area contributed by atoms with E-state index in [0.29, 0.717) is 29.4 Å². The summed E-state index contributed by atoms with van der Waals surface area (Å²) in [6.45, 7) is 4.35. The Morgan fingerprint density at radius 1 is 1.07 bits per heavy atom. The first kappa shape index (κ1) is 20.0. The quantitative estimate of drug-likeness (QED) is 0.478. The van der Waals surface area contributed by atoms with E-state index >= 15 is 0 Å². The van der Waals surface area contributed by atoms with E-state index in [2.05, 4.69) is 15.4 Å². The molecule has 2 aromatic carbocycles. The number of anilines is 1. The number of benzene rings is 2. The summed E-state index contributed by atoms with van der Waals surface area (Å²) < 4.78 is 14.9. The second-order valence-corrected chi connectivity index (χ2v) is 8.19. The largest absolute Gasteiger partial charge is 0.298 e. The molecule has 0 radical (unpaired) electrons. The van der Waals surface area contributed by atoms with Crippen molar-refractivity contribution in [3.8, 4) is 0 Å². The van der Waals surface area contributed by atoms with Crippen LogP contribution in [0.15, 0.2) is 60.8 Å². The highest BCUT2D eigenvalue weighted by atomic mass is 32.1. The van der Waals surface area contributed by atoms with E-state index in [1.165, 1.54) is 23.5 Å². The van der Waals surface area contributed by atoms with Gasteiger partial charge in [-0.2, -0.15) is 5.10 Å². The van der Waals surface area contributed by atoms with Crippen molar-refractivity contribution in [3.63, 3.8) is 0 Å². The lowest BCUT2D eigenvalue weighted by atomic mass is 10.1. The van der Waals surface area contributed by atoms with Gasteiger partial charge >= 0.3 is 0 Å². The molecule has 0 saturated heterocycles. The van der Waals surface area contributed by atoms with Crippen LogP contribution in [0.25, 0.3) is 0 Å². The van der Waals surface area contributed by atoms with Gasteiger partial charge in [0.2, 0.25) is 0 Å². The van der Waals surface area contributed by atoms with Gasteiger partial charge in [-0.1, -0.05) is 42.5 Å². The number of rotatable bonds is 6. The summed E-state index contributed by atoms with van der Waals surface area (Å²) in [5, 5.41) is 7.97. The highest BCUT2D eigenvalue weighted by Gasteiger charge is 2.20. The molecule has 2 aromatic heterocycles. The van der Waals surface area contributed by atoms with Crippen LogP contribution in [0, 0.1) is 19.7 Å². The molecule has 0 saturated carbocycles. The Balaban J connectivity index is 1.46. The van der Waals surface area contributed by atoms with Crippen LogP contribution in [-0.2, 0) is 13.0 Å². The fourth-order valence-electron chi connectivity index (χ4n) is 3.35. The van der Waals surface area contributed by atoms with Crippen molar-refractivity contribution in [3.05, 3.63) is 99.6 Å². The summed E-state index contributed by atoms with van der Waals surface area (Å²) in [6, 6.07) is 16.4. The van der Waals surface area contributed by atoms with Crippen molar-refractivity contribution >= 4 is 22.4 Å². The summed E-state index contributed by atoms with van der Waals surface area (Å²) in [5.41, 5.74) is 4.19. The molecule has 1 N–H and O–H groups in total. The van der Waals surface area contributed by atoms with Crippen LogP contribution in [0.2, 0.25) is 0 Å². The third-order valence-corrected chi connectivity index (χ3v) is 5.76. The average Bonchev–Trinajstić information content (AvgIpc) is 3.28. The molecule has 0 aliphatic heterocycles. The number of hydrogen-bond donors (Lipinski definition) is 1. The van der Waals surface area contributed by atoms with E-state index in [1.54, 1.807) is 18.3 Å². The van der Waals surface area contributed by atoms with Crippen LogP contribution in [0.1, 0.15) is 37.7 Å². The molecule has 5 nitrogen and oxygen atoms in total. The maximum atomic E-state index is 13.1. The van der Waals surface area contributed by atoms with Crippen molar-refractivity contribution in [1.82, 2.24) is 14.8 Å². The SMILES string of the molecule is Cc1nn(Cc2ccccc2)c(C)c1C(=O)Nc1ncc(Cc2ccc(F)cc2)s1. The lowest BCUT2D eigenvalue weighted by Crippen LogP contribution is -2.14. The van der Waals surface area contributed by atoms with E-state index in [-0.39, 0.29) is 11.7 Å². The van der Waals surface area contributed by atoms with Gasteiger partial charge in [-0.3, -0.25) is 14.8 Å². The molecule has 30 heavy (non-hydrogen) atoms. The van der Waals surface area contributed by atoms with Crippen molar-refractivity contribution in [1.29, 1.82) is 0 Å². The highest BCUT2D eigenvalue weighted by Crippen LogP contribution is 2.23. The van der Waals surface area contributed by atoms with Crippen molar-refractivity contribution in [2.45, 2.75) is 26.8 Å². The number of amides is 1. The van der Waals surface area contributed by atoms with Gasteiger partial charge in [0.15, 0.2) is 5.13 Å². The molecular weight excluding hydrogens is 399 g/mol. The average molecular weight is 421 g/mol. The molecule has 2 heterocycles. The van der Waals surface area contributed by atoms with Gasteiger partial charge in [-0.05, 0) is 37.1 Å². The Bertz CT molecular complexity index is 1170. The van der Waals surface area contributed by atoms with Crippen LogP contribution in [0.5, 0.6) is 0 Å². The molecule has 4 aromatic rings. The fraction of sp³-hybridized carbons (Fsp3) is 0.174. The van der Waals surface area contributed by atoms with Gasteiger partial charge in [0, 0.05) is 23.2 Å². The second-order valence-electron chi connectivity index (χ2n) is 7.08. The van der Waals surface area contributed by atoms with Crippen molar-refractivity contribution < 1.29 is 9.18 Å². The Hall–Kier alpha value is -3.32.